The molecule has 3 amide bonds. The highest BCUT2D eigenvalue weighted by molar-refractivity contribution is 5.92. The van der Waals surface area contributed by atoms with E-state index < -0.39 is 6.04 Å². The standard InChI is InChI=1S/C29H33N5O5/c1-3-33-17-27(35)31-24-16-34(29(37)25-15-32(2)19-30-25)11-10-26(24)38-18-21-7-5-9-23(13-21)39-22-8-4-6-20(12-22)14-28(33)36/h4-9,12-13,15,19,24,26H,3,10-11,14,16-18H2,1-2H3,(H,31,35)/t24-,26-/m0/s1. The minimum Gasteiger partial charge on any atom is -0.457 e. The highest BCUT2D eigenvalue weighted by Crippen LogP contribution is 2.25. The lowest BCUT2D eigenvalue weighted by atomic mass is 10.0. The third-order valence-electron chi connectivity index (χ3n) is 7.03. The molecule has 10 heteroatoms. The lowest BCUT2D eigenvalue weighted by Crippen LogP contribution is -2.58. The molecular formula is C29H33N5O5. The Hall–Kier alpha value is -4.18. The minimum atomic E-state index is -0.446. The molecule has 2 atom stereocenters. The number of aromatic nitrogens is 2. The molecule has 4 bridgehead atoms. The molecule has 2 aliphatic heterocycles. The maximum absolute atomic E-state index is 13.2. The first-order chi connectivity index (χ1) is 18.9. The van der Waals surface area contributed by atoms with E-state index in [1.807, 2.05) is 62.5 Å². The molecule has 1 aromatic heterocycles. The third-order valence-corrected chi connectivity index (χ3v) is 7.03. The van der Waals surface area contributed by atoms with Gasteiger partial charge in [0, 0.05) is 32.9 Å². The number of hydrogen-bond acceptors (Lipinski definition) is 6. The van der Waals surface area contributed by atoms with Crippen molar-refractivity contribution in [2.24, 2.45) is 7.05 Å². The zero-order valence-corrected chi connectivity index (χ0v) is 22.2. The molecule has 0 spiro atoms. The predicted molar refractivity (Wildman–Crippen MR) is 143 cm³/mol. The van der Waals surface area contributed by atoms with Crippen LogP contribution in [0.5, 0.6) is 11.5 Å². The largest absolute Gasteiger partial charge is 0.457 e. The Morgan fingerprint density at radius 1 is 1.10 bits per heavy atom. The lowest BCUT2D eigenvalue weighted by molar-refractivity contribution is -0.136. The van der Waals surface area contributed by atoms with Gasteiger partial charge < -0.3 is 29.2 Å². The maximum atomic E-state index is 13.2. The van der Waals surface area contributed by atoms with Crippen molar-refractivity contribution in [3.8, 4) is 11.5 Å². The summed E-state index contributed by atoms with van der Waals surface area (Å²) in [6.45, 7) is 3.24. The summed E-state index contributed by atoms with van der Waals surface area (Å²) in [5.74, 6) is 0.663. The van der Waals surface area contributed by atoms with Crippen LogP contribution in [0.2, 0.25) is 0 Å². The van der Waals surface area contributed by atoms with Crippen LogP contribution >= 0.6 is 0 Å². The zero-order valence-electron chi connectivity index (χ0n) is 22.2. The molecule has 0 radical (unpaired) electrons. The van der Waals surface area contributed by atoms with Gasteiger partial charge in [0.1, 0.15) is 17.2 Å². The number of amides is 3. The van der Waals surface area contributed by atoms with Crippen molar-refractivity contribution in [1.29, 1.82) is 0 Å². The first-order valence-electron chi connectivity index (χ1n) is 13.2. The number of carbonyl (C=O) groups excluding carboxylic acids is 3. The number of aryl methyl sites for hydroxylation is 1. The molecule has 1 saturated heterocycles. The van der Waals surface area contributed by atoms with Gasteiger partial charge in [-0.05, 0) is 48.7 Å². The first-order valence-corrected chi connectivity index (χ1v) is 13.2. The molecule has 3 aromatic rings. The average molecular weight is 532 g/mol. The molecule has 1 fully saturated rings. The molecule has 0 saturated carbocycles. The van der Waals surface area contributed by atoms with Crippen LogP contribution in [0.3, 0.4) is 0 Å². The Morgan fingerprint density at radius 3 is 2.56 bits per heavy atom. The first kappa shape index (κ1) is 26.4. The summed E-state index contributed by atoms with van der Waals surface area (Å²) in [6, 6.07) is 14.6. The monoisotopic (exact) mass is 531 g/mol. The molecule has 0 unspecified atom stereocenters. The number of likely N-dealkylation sites (tertiary alicyclic amines) is 1. The van der Waals surface area contributed by atoms with Crippen molar-refractivity contribution in [1.82, 2.24) is 24.7 Å². The second-order valence-electron chi connectivity index (χ2n) is 9.97. The number of hydrogen-bond donors (Lipinski definition) is 1. The molecular weight excluding hydrogens is 498 g/mol. The van der Waals surface area contributed by atoms with E-state index in [1.54, 1.807) is 22.0 Å². The summed E-state index contributed by atoms with van der Waals surface area (Å²) in [6.07, 6.45) is 3.65. The number of nitrogens with one attached hydrogen (secondary N) is 1. The van der Waals surface area contributed by atoms with Crippen LogP contribution in [0.1, 0.15) is 35.0 Å². The fourth-order valence-corrected chi connectivity index (χ4v) is 4.98. The molecule has 3 heterocycles. The fourth-order valence-electron chi connectivity index (χ4n) is 4.98. The number of fused-ring (bicyclic) bond motifs is 5. The number of piperidine rings is 1. The molecule has 10 nitrogen and oxygen atoms in total. The van der Waals surface area contributed by atoms with Crippen molar-refractivity contribution in [2.75, 3.05) is 26.2 Å². The summed E-state index contributed by atoms with van der Waals surface area (Å²) >= 11 is 0. The van der Waals surface area contributed by atoms with E-state index in [9.17, 15) is 14.4 Å². The number of imidazole rings is 1. The van der Waals surface area contributed by atoms with Crippen LogP contribution in [0.4, 0.5) is 0 Å². The summed E-state index contributed by atoms with van der Waals surface area (Å²) in [7, 11) is 1.81. The Labute approximate surface area is 227 Å². The number of carbonyl (C=O) groups is 3. The maximum Gasteiger partial charge on any atom is 0.274 e. The molecule has 2 aliphatic rings. The number of rotatable bonds is 2. The van der Waals surface area contributed by atoms with Gasteiger partial charge in [-0.1, -0.05) is 24.3 Å². The van der Waals surface area contributed by atoms with E-state index in [2.05, 4.69) is 10.3 Å². The number of benzene rings is 2. The van der Waals surface area contributed by atoms with Gasteiger partial charge >= 0.3 is 0 Å². The van der Waals surface area contributed by atoms with Crippen LogP contribution in [0, 0.1) is 0 Å². The summed E-state index contributed by atoms with van der Waals surface area (Å²) in [5.41, 5.74) is 2.09. The van der Waals surface area contributed by atoms with Crippen molar-refractivity contribution in [3.63, 3.8) is 0 Å². The number of likely N-dealkylation sites (N-methyl/N-ethyl adjacent to an activating group) is 1. The van der Waals surface area contributed by atoms with Gasteiger partial charge in [0.15, 0.2) is 0 Å². The second kappa shape index (κ2) is 11.7. The molecule has 1 N–H and O–H groups in total. The van der Waals surface area contributed by atoms with Crippen LogP contribution < -0.4 is 10.1 Å². The van der Waals surface area contributed by atoms with E-state index >= 15 is 0 Å². The molecule has 0 aliphatic carbocycles. The Bertz CT molecular complexity index is 1360. The van der Waals surface area contributed by atoms with Crippen molar-refractivity contribution in [2.45, 2.75) is 38.5 Å². The van der Waals surface area contributed by atoms with Gasteiger partial charge in [0.05, 0.1) is 38.0 Å². The normalized spacial score (nSPS) is 20.5. The average Bonchev–Trinajstić information content (AvgIpc) is 3.36. The Balaban J connectivity index is 1.40. The van der Waals surface area contributed by atoms with E-state index in [-0.39, 0.29) is 43.3 Å². The fraction of sp³-hybridized carbons (Fsp3) is 0.379. The minimum absolute atomic E-state index is 0.0797. The van der Waals surface area contributed by atoms with E-state index in [4.69, 9.17) is 9.47 Å². The van der Waals surface area contributed by atoms with Crippen LogP contribution in [-0.4, -0.2) is 75.4 Å². The highest BCUT2D eigenvalue weighted by Gasteiger charge is 2.34. The van der Waals surface area contributed by atoms with Crippen LogP contribution in [0.25, 0.3) is 0 Å². The van der Waals surface area contributed by atoms with Gasteiger partial charge in [0.2, 0.25) is 11.8 Å². The van der Waals surface area contributed by atoms with Crippen LogP contribution in [0.15, 0.2) is 61.1 Å². The summed E-state index contributed by atoms with van der Waals surface area (Å²) in [5, 5.41) is 3.05. The Kier molecular flexibility index (Phi) is 7.92. The third kappa shape index (κ3) is 6.46. The van der Waals surface area contributed by atoms with Gasteiger partial charge in [-0.2, -0.15) is 0 Å². The zero-order chi connectivity index (χ0) is 27.4. The van der Waals surface area contributed by atoms with Crippen LogP contribution in [-0.2, 0) is 34.4 Å². The second-order valence-corrected chi connectivity index (χ2v) is 9.97. The van der Waals surface area contributed by atoms with E-state index in [0.29, 0.717) is 43.3 Å². The molecule has 204 valence electrons. The SMILES string of the molecule is CCN1CC(=O)N[C@H]2CN(C(=O)c3cn(C)cn3)CC[C@@H]2OCc2cccc(c2)Oc2cccc(c2)CC1=O. The molecule has 2 aromatic carbocycles. The van der Waals surface area contributed by atoms with Gasteiger partial charge in [-0.25, -0.2) is 4.98 Å². The van der Waals surface area contributed by atoms with E-state index in [1.165, 1.54) is 4.90 Å². The van der Waals surface area contributed by atoms with Gasteiger partial charge in [0.25, 0.3) is 5.91 Å². The van der Waals surface area contributed by atoms with Crippen molar-refractivity contribution in [3.05, 3.63) is 77.9 Å². The summed E-state index contributed by atoms with van der Waals surface area (Å²) < 4.78 is 14.1. The highest BCUT2D eigenvalue weighted by atomic mass is 16.5. The molecule has 39 heavy (non-hydrogen) atoms. The lowest BCUT2D eigenvalue weighted by Gasteiger charge is -2.38. The van der Waals surface area contributed by atoms with Gasteiger partial charge in [-0.15, -0.1) is 0 Å². The van der Waals surface area contributed by atoms with Crippen molar-refractivity contribution < 1.29 is 23.9 Å². The Morgan fingerprint density at radius 2 is 1.85 bits per heavy atom. The molecule has 5 rings (SSSR count). The van der Waals surface area contributed by atoms with E-state index in [0.717, 1.165) is 11.1 Å². The smallest absolute Gasteiger partial charge is 0.274 e. The quantitative estimate of drug-likeness (QED) is 0.545. The number of ether oxygens (including phenoxy) is 2. The summed E-state index contributed by atoms with van der Waals surface area (Å²) in [4.78, 5) is 46.8. The number of nitrogens with zero attached hydrogens (tertiary/aromatic N) is 4. The van der Waals surface area contributed by atoms with Crippen molar-refractivity contribution >= 4 is 17.7 Å². The van der Waals surface area contributed by atoms with Gasteiger partial charge in [-0.3, -0.25) is 14.4 Å². The predicted octanol–water partition coefficient (Wildman–Crippen LogP) is 2.53. The topological polar surface area (TPSA) is 106 Å².